The molecule has 2 unspecified atom stereocenters. The van der Waals surface area contributed by atoms with Crippen LogP contribution >= 0.6 is 0 Å². The fourth-order valence-electron chi connectivity index (χ4n) is 1.51. The summed E-state index contributed by atoms with van der Waals surface area (Å²) in [7, 11) is 0. The van der Waals surface area contributed by atoms with Crippen LogP contribution in [0.3, 0.4) is 0 Å². The molecule has 0 spiro atoms. The van der Waals surface area contributed by atoms with E-state index in [1.165, 1.54) is 0 Å². The van der Waals surface area contributed by atoms with Gasteiger partial charge in [0.15, 0.2) is 0 Å². The van der Waals surface area contributed by atoms with Gasteiger partial charge < -0.3 is 14.9 Å². The van der Waals surface area contributed by atoms with Gasteiger partial charge in [0.05, 0.1) is 19.1 Å². The normalized spacial score (nSPS) is 26.6. The van der Waals surface area contributed by atoms with Gasteiger partial charge in [0, 0.05) is 6.61 Å². The number of aliphatic hydroxyl groups is 1. The number of aliphatic hydroxyl groups excluding tert-OH is 1. The van der Waals surface area contributed by atoms with Crippen molar-refractivity contribution >= 4 is 5.97 Å². The van der Waals surface area contributed by atoms with E-state index in [1.807, 2.05) is 0 Å². The minimum Gasteiger partial charge on any atom is -0.481 e. The van der Waals surface area contributed by atoms with Crippen molar-refractivity contribution in [1.29, 1.82) is 0 Å². The molecule has 0 bridgehead atoms. The Kier molecular flexibility index (Phi) is 3.49. The maximum absolute atomic E-state index is 10.6. The number of ether oxygens (including phenoxy) is 1. The van der Waals surface area contributed by atoms with Gasteiger partial charge in [-0.15, -0.1) is 0 Å². The molecule has 0 saturated carbocycles. The van der Waals surface area contributed by atoms with Crippen molar-refractivity contribution in [2.45, 2.75) is 12.8 Å². The first kappa shape index (κ1) is 9.48. The summed E-state index contributed by atoms with van der Waals surface area (Å²) in [5.41, 5.74) is 0. The van der Waals surface area contributed by atoms with Crippen LogP contribution in [0.1, 0.15) is 12.8 Å². The summed E-state index contributed by atoms with van der Waals surface area (Å²) in [5.74, 6) is -1.58. The van der Waals surface area contributed by atoms with Crippen molar-refractivity contribution in [3.63, 3.8) is 0 Å². The summed E-state index contributed by atoms with van der Waals surface area (Å²) < 4.78 is 5.14. The molecular formula is C8H14O4. The number of hydrogen-bond donors (Lipinski definition) is 2. The molecule has 0 aromatic carbocycles. The Morgan fingerprint density at radius 1 is 1.67 bits per heavy atom. The molecule has 1 saturated heterocycles. The number of carboxylic acids is 1. The van der Waals surface area contributed by atoms with E-state index in [4.69, 9.17) is 14.9 Å². The highest BCUT2D eigenvalue weighted by Gasteiger charge is 2.28. The molecule has 0 radical (unpaired) electrons. The molecule has 1 aliphatic rings. The topological polar surface area (TPSA) is 66.8 Å². The maximum Gasteiger partial charge on any atom is 0.309 e. The van der Waals surface area contributed by atoms with Gasteiger partial charge in [0.2, 0.25) is 0 Å². The molecular weight excluding hydrogens is 160 g/mol. The predicted octanol–water partition coefficient (Wildman–Crippen LogP) is 0.106. The van der Waals surface area contributed by atoms with Crippen LogP contribution in [-0.4, -0.2) is 36.0 Å². The Morgan fingerprint density at radius 2 is 2.42 bits per heavy atom. The molecule has 0 aliphatic carbocycles. The van der Waals surface area contributed by atoms with E-state index in [0.29, 0.717) is 13.2 Å². The first-order valence-corrected chi connectivity index (χ1v) is 4.17. The highest BCUT2D eigenvalue weighted by atomic mass is 16.5. The zero-order chi connectivity index (χ0) is 8.97. The van der Waals surface area contributed by atoms with Gasteiger partial charge in [-0.2, -0.15) is 0 Å². The van der Waals surface area contributed by atoms with E-state index in [-0.39, 0.29) is 12.5 Å². The van der Waals surface area contributed by atoms with Gasteiger partial charge in [0.1, 0.15) is 0 Å². The number of hydrogen-bond acceptors (Lipinski definition) is 3. The summed E-state index contributed by atoms with van der Waals surface area (Å²) in [4.78, 5) is 10.6. The van der Waals surface area contributed by atoms with Crippen LogP contribution in [0.15, 0.2) is 0 Å². The van der Waals surface area contributed by atoms with E-state index < -0.39 is 11.9 Å². The Labute approximate surface area is 71.2 Å². The molecule has 4 nitrogen and oxygen atoms in total. The summed E-state index contributed by atoms with van der Waals surface area (Å²) in [5, 5.41) is 17.5. The Hall–Kier alpha value is -0.610. The van der Waals surface area contributed by atoms with Crippen molar-refractivity contribution in [1.82, 2.24) is 0 Å². The fourth-order valence-corrected chi connectivity index (χ4v) is 1.51. The molecule has 70 valence electrons. The molecule has 1 rings (SSSR count). The van der Waals surface area contributed by atoms with E-state index in [9.17, 15) is 4.79 Å². The molecule has 1 aliphatic heterocycles. The monoisotopic (exact) mass is 174 g/mol. The minimum atomic E-state index is -0.923. The minimum absolute atomic E-state index is 0.0127. The van der Waals surface area contributed by atoms with Crippen LogP contribution in [0, 0.1) is 11.8 Å². The summed E-state index contributed by atoms with van der Waals surface area (Å²) in [6.07, 6.45) is 1.74. The van der Waals surface area contributed by atoms with Crippen molar-refractivity contribution in [3.8, 4) is 0 Å². The Morgan fingerprint density at radius 3 is 2.83 bits per heavy atom. The van der Waals surface area contributed by atoms with Gasteiger partial charge in [-0.25, -0.2) is 0 Å². The smallest absolute Gasteiger partial charge is 0.309 e. The first-order valence-electron chi connectivity index (χ1n) is 4.17. The van der Waals surface area contributed by atoms with E-state index in [0.717, 1.165) is 12.8 Å². The van der Waals surface area contributed by atoms with Crippen LogP contribution in [0.2, 0.25) is 0 Å². The van der Waals surface area contributed by atoms with Crippen LogP contribution < -0.4 is 0 Å². The zero-order valence-electron chi connectivity index (χ0n) is 6.90. The lowest BCUT2D eigenvalue weighted by Gasteiger charge is -2.26. The largest absolute Gasteiger partial charge is 0.481 e. The molecule has 1 heterocycles. The van der Waals surface area contributed by atoms with Gasteiger partial charge in [-0.3, -0.25) is 4.79 Å². The molecule has 0 aromatic rings. The third-order valence-electron chi connectivity index (χ3n) is 2.28. The average Bonchev–Trinajstić information content (AvgIpc) is 2.07. The summed E-state index contributed by atoms with van der Waals surface area (Å²) in [6.45, 7) is 0.898. The zero-order valence-corrected chi connectivity index (χ0v) is 6.90. The van der Waals surface area contributed by atoms with Gasteiger partial charge >= 0.3 is 5.97 Å². The van der Waals surface area contributed by atoms with Crippen molar-refractivity contribution in [2.75, 3.05) is 19.8 Å². The van der Waals surface area contributed by atoms with E-state index in [1.54, 1.807) is 0 Å². The van der Waals surface area contributed by atoms with Crippen LogP contribution in [0.25, 0.3) is 0 Å². The molecule has 0 aromatic heterocycles. The van der Waals surface area contributed by atoms with Crippen molar-refractivity contribution in [3.05, 3.63) is 0 Å². The molecule has 0 amide bonds. The SMILES string of the molecule is O=C(O)C(CO)C1CCCOC1. The fraction of sp³-hybridized carbons (Fsp3) is 0.875. The third-order valence-corrected chi connectivity index (χ3v) is 2.28. The van der Waals surface area contributed by atoms with E-state index >= 15 is 0 Å². The van der Waals surface area contributed by atoms with Gasteiger partial charge in [0.25, 0.3) is 0 Å². The van der Waals surface area contributed by atoms with Gasteiger partial charge in [-0.1, -0.05) is 0 Å². The lowest BCUT2D eigenvalue weighted by Crippen LogP contribution is -2.32. The highest BCUT2D eigenvalue weighted by Crippen LogP contribution is 2.22. The highest BCUT2D eigenvalue weighted by molar-refractivity contribution is 5.70. The second-order valence-electron chi connectivity index (χ2n) is 3.10. The molecule has 12 heavy (non-hydrogen) atoms. The number of rotatable bonds is 3. The lowest BCUT2D eigenvalue weighted by molar-refractivity contribution is -0.147. The van der Waals surface area contributed by atoms with Crippen LogP contribution in [-0.2, 0) is 9.53 Å². The standard InChI is InChI=1S/C8H14O4/c9-4-7(8(10)11)6-2-1-3-12-5-6/h6-7,9H,1-5H2,(H,10,11). The van der Waals surface area contributed by atoms with Crippen LogP contribution in [0.4, 0.5) is 0 Å². The number of carbonyl (C=O) groups is 1. The number of carboxylic acid groups (broad SMARTS) is 1. The number of aliphatic carboxylic acids is 1. The van der Waals surface area contributed by atoms with Crippen molar-refractivity contribution < 1.29 is 19.7 Å². The molecule has 4 heteroatoms. The Balaban J connectivity index is 2.46. The Bertz CT molecular complexity index is 151. The lowest BCUT2D eigenvalue weighted by atomic mass is 9.88. The summed E-state index contributed by atoms with van der Waals surface area (Å²) in [6, 6.07) is 0. The summed E-state index contributed by atoms with van der Waals surface area (Å²) >= 11 is 0. The maximum atomic E-state index is 10.6. The van der Waals surface area contributed by atoms with E-state index in [2.05, 4.69) is 0 Å². The molecule has 1 fully saturated rings. The second-order valence-corrected chi connectivity index (χ2v) is 3.10. The quantitative estimate of drug-likeness (QED) is 0.637. The molecule has 2 atom stereocenters. The second kappa shape index (κ2) is 4.42. The molecule has 2 N–H and O–H groups in total. The first-order chi connectivity index (χ1) is 5.75. The van der Waals surface area contributed by atoms with Gasteiger partial charge in [-0.05, 0) is 18.8 Å². The van der Waals surface area contributed by atoms with Crippen LogP contribution in [0.5, 0.6) is 0 Å². The van der Waals surface area contributed by atoms with Crippen molar-refractivity contribution in [2.24, 2.45) is 11.8 Å². The average molecular weight is 174 g/mol. The predicted molar refractivity (Wildman–Crippen MR) is 41.8 cm³/mol. The third kappa shape index (κ3) is 2.19.